The van der Waals surface area contributed by atoms with E-state index in [9.17, 15) is 4.79 Å². The van der Waals surface area contributed by atoms with Crippen LogP contribution in [0.1, 0.15) is 21.1 Å². The van der Waals surface area contributed by atoms with Gasteiger partial charge < -0.3 is 0 Å². The van der Waals surface area contributed by atoms with Crippen LogP contribution in [0.2, 0.25) is 5.02 Å². The summed E-state index contributed by atoms with van der Waals surface area (Å²) in [4.78, 5) is 16.3. The largest absolute Gasteiger partial charge is 0.294 e. The molecule has 0 radical (unpaired) electrons. The molecular weight excluding hydrogens is 322 g/mol. The van der Waals surface area contributed by atoms with E-state index >= 15 is 0 Å². The second kappa shape index (κ2) is 5.29. The minimum Gasteiger partial charge on any atom is -0.294 e. The van der Waals surface area contributed by atoms with Crippen LogP contribution in [0.4, 0.5) is 0 Å². The molecule has 0 aliphatic heterocycles. The highest BCUT2D eigenvalue weighted by Crippen LogP contribution is 2.23. The molecule has 0 spiro atoms. The summed E-state index contributed by atoms with van der Waals surface area (Å²) in [5.41, 5.74) is 1.34. The lowest BCUT2D eigenvalue weighted by Gasteiger charge is -2.02. The van der Waals surface area contributed by atoms with Gasteiger partial charge in [-0.25, -0.2) is 4.98 Å². The van der Waals surface area contributed by atoms with Crippen LogP contribution in [0.15, 0.2) is 28.1 Å². The standard InChI is InChI=1S/C12H9BrClNOS/c1-7-15-9(6-17-7)5-12(16)10-3-2-8(13)4-11(10)14/h2-4,6H,5H2,1H3. The number of benzene rings is 1. The van der Waals surface area contributed by atoms with Gasteiger partial charge in [0.05, 0.1) is 22.1 Å². The van der Waals surface area contributed by atoms with Gasteiger partial charge in [-0.3, -0.25) is 4.79 Å². The van der Waals surface area contributed by atoms with Crippen molar-refractivity contribution in [1.29, 1.82) is 0 Å². The lowest BCUT2D eigenvalue weighted by atomic mass is 10.1. The van der Waals surface area contributed by atoms with Gasteiger partial charge in [0.1, 0.15) is 0 Å². The van der Waals surface area contributed by atoms with Gasteiger partial charge in [0, 0.05) is 15.4 Å². The number of hydrogen-bond donors (Lipinski definition) is 0. The number of nitrogens with zero attached hydrogens (tertiary/aromatic N) is 1. The molecule has 0 atom stereocenters. The monoisotopic (exact) mass is 329 g/mol. The molecule has 5 heteroatoms. The fourth-order valence-electron chi connectivity index (χ4n) is 1.46. The van der Waals surface area contributed by atoms with Crippen LogP contribution in [0, 0.1) is 6.92 Å². The first-order valence-corrected chi connectivity index (χ1v) is 7.00. The van der Waals surface area contributed by atoms with E-state index in [1.807, 2.05) is 18.4 Å². The van der Waals surface area contributed by atoms with Crippen LogP contribution in [0.3, 0.4) is 0 Å². The molecule has 0 N–H and O–H groups in total. The summed E-state index contributed by atoms with van der Waals surface area (Å²) in [5.74, 6) is -0.00667. The predicted molar refractivity (Wildman–Crippen MR) is 74.0 cm³/mol. The van der Waals surface area contributed by atoms with Gasteiger partial charge in [-0.1, -0.05) is 27.5 Å². The van der Waals surface area contributed by atoms with Crippen molar-refractivity contribution in [2.75, 3.05) is 0 Å². The average Bonchev–Trinajstić information content (AvgIpc) is 2.63. The first-order valence-electron chi connectivity index (χ1n) is 4.95. The Balaban J connectivity index is 2.20. The van der Waals surface area contributed by atoms with Crippen molar-refractivity contribution in [2.45, 2.75) is 13.3 Å². The van der Waals surface area contributed by atoms with E-state index in [0.717, 1.165) is 15.2 Å². The summed E-state index contributed by atoms with van der Waals surface area (Å²) < 4.78 is 0.864. The summed E-state index contributed by atoms with van der Waals surface area (Å²) in [6.45, 7) is 1.92. The van der Waals surface area contributed by atoms with Crippen molar-refractivity contribution in [3.8, 4) is 0 Å². The first-order chi connectivity index (χ1) is 8.06. The van der Waals surface area contributed by atoms with Gasteiger partial charge >= 0.3 is 0 Å². The van der Waals surface area contributed by atoms with E-state index in [4.69, 9.17) is 11.6 Å². The van der Waals surface area contributed by atoms with Gasteiger partial charge in [-0.2, -0.15) is 0 Å². The van der Waals surface area contributed by atoms with Crippen molar-refractivity contribution >= 4 is 44.7 Å². The maximum absolute atomic E-state index is 12.0. The first kappa shape index (κ1) is 12.7. The Morgan fingerprint density at radius 2 is 2.29 bits per heavy atom. The quantitative estimate of drug-likeness (QED) is 0.786. The molecule has 2 rings (SSSR count). The normalized spacial score (nSPS) is 10.5. The number of halogens is 2. The van der Waals surface area contributed by atoms with E-state index in [0.29, 0.717) is 17.0 Å². The fraction of sp³-hybridized carbons (Fsp3) is 0.167. The van der Waals surface area contributed by atoms with Crippen molar-refractivity contribution in [3.63, 3.8) is 0 Å². The molecule has 0 saturated heterocycles. The molecule has 0 saturated carbocycles. The number of hydrogen-bond acceptors (Lipinski definition) is 3. The Bertz CT molecular complexity index is 567. The van der Waals surface area contributed by atoms with Crippen molar-refractivity contribution in [2.24, 2.45) is 0 Å². The molecular formula is C12H9BrClNOS. The molecule has 0 amide bonds. The van der Waals surface area contributed by atoms with Gasteiger partial charge in [0.15, 0.2) is 5.78 Å². The van der Waals surface area contributed by atoms with Crippen LogP contribution in [-0.4, -0.2) is 10.8 Å². The summed E-state index contributed by atoms with van der Waals surface area (Å²) in [7, 11) is 0. The van der Waals surface area contributed by atoms with Crippen LogP contribution in [0.25, 0.3) is 0 Å². The Kier molecular flexibility index (Phi) is 3.97. The van der Waals surface area contributed by atoms with Crippen molar-refractivity contribution in [3.05, 3.63) is 49.3 Å². The molecule has 1 aromatic heterocycles. The number of carbonyl (C=O) groups excluding carboxylic acids is 1. The highest BCUT2D eigenvalue weighted by Gasteiger charge is 2.12. The van der Waals surface area contributed by atoms with E-state index in [1.165, 1.54) is 0 Å². The fourth-order valence-corrected chi connectivity index (χ4v) is 2.86. The van der Waals surface area contributed by atoms with Gasteiger partial charge in [-0.15, -0.1) is 11.3 Å². The molecule has 0 aliphatic rings. The van der Waals surface area contributed by atoms with E-state index in [2.05, 4.69) is 20.9 Å². The third-order valence-electron chi connectivity index (χ3n) is 2.24. The second-order valence-electron chi connectivity index (χ2n) is 3.58. The third kappa shape index (κ3) is 3.15. The molecule has 0 bridgehead atoms. The zero-order valence-corrected chi connectivity index (χ0v) is 12.2. The molecule has 2 nitrogen and oxygen atoms in total. The van der Waals surface area contributed by atoms with Crippen LogP contribution < -0.4 is 0 Å². The summed E-state index contributed by atoms with van der Waals surface area (Å²) in [6.07, 6.45) is 0.297. The number of aromatic nitrogens is 1. The number of ketones is 1. The Morgan fingerprint density at radius 3 is 2.88 bits per heavy atom. The number of aryl methyl sites for hydroxylation is 1. The predicted octanol–water partition coefficient (Wildman–Crippen LogP) is 4.29. The topological polar surface area (TPSA) is 30.0 Å². The molecule has 17 heavy (non-hydrogen) atoms. The molecule has 1 heterocycles. The number of Topliss-reactive ketones (excluding diaryl/α,β-unsaturated/α-hetero) is 1. The maximum atomic E-state index is 12.0. The van der Waals surface area contributed by atoms with Crippen LogP contribution >= 0.6 is 38.9 Å². The van der Waals surface area contributed by atoms with E-state index in [-0.39, 0.29) is 5.78 Å². The van der Waals surface area contributed by atoms with Gasteiger partial charge in [0.2, 0.25) is 0 Å². The van der Waals surface area contributed by atoms with Crippen molar-refractivity contribution in [1.82, 2.24) is 4.98 Å². The third-order valence-corrected chi connectivity index (χ3v) is 3.87. The second-order valence-corrected chi connectivity index (χ2v) is 5.97. The Labute approximate surface area is 117 Å². The smallest absolute Gasteiger partial charge is 0.170 e. The molecule has 88 valence electrons. The summed E-state index contributed by atoms with van der Waals surface area (Å²) in [5, 5.41) is 3.34. The van der Waals surface area contributed by atoms with E-state index < -0.39 is 0 Å². The van der Waals surface area contributed by atoms with Crippen LogP contribution in [0.5, 0.6) is 0 Å². The molecule has 0 unspecified atom stereocenters. The van der Waals surface area contributed by atoms with Crippen molar-refractivity contribution < 1.29 is 4.79 Å². The van der Waals surface area contributed by atoms with E-state index in [1.54, 1.807) is 23.5 Å². The number of thiazole rings is 1. The molecule has 1 aromatic carbocycles. The average molecular weight is 331 g/mol. The van der Waals surface area contributed by atoms with Gasteiger partial charge in [0.25, 0.3) is 0 Å². The molecule has 0 aliphatic carbocycles. The summed E-state index contributed by atoms with van der Waals surface area (Å²) >= 11 is 10.9. The summed E-state index contributed by atoms with van der Waals surface area (Å²) in [6, 6.07) is 5.26. The minimum atomic E-state index is -0.00667. The number of carbonyl (C=O) groups is 1. The minimum absolute atomic E-state index is 0.00667. The highest BCUT2D eigenvalue weighted by molar-refractivity contribution is 9.10. The lowest BCUT2D eigenvalue weighted by Crippen LogP contribution is -2.04. The molecule has 2 aromatic rings. The zero-order valence-electron chi connectivity index (χ0n) is 9.04. The lowest BCUT2D eigenvalue weighted by molar-refractivity contribution is 0.0992. The molecule has 0 fully saturated rings. The van der Waals surface area contributed by atoms with Crippen LogP contribution in [-0.2, 0) is 6.42 Å². The maximum Gasteiger partial charge on any atom is 0.170 e. The zero-order chi connectivity index (χ0) is 12.4. The van der Waals surface area contributed by atoms with Gasteiger partial charge in [-0.05, 0) is 25.1 Å². The SMILES string of the molecule is Cc1nc(CC(=O)c2ccc(Br)cc2Cl)cs1. The Hall–Kier alpha value is -0.710. The Morgan fingerprint density at radius 1 is 1.53 bits per heavy atom. The number of rotatable bonds is 3. The highest BCUT2D eigenvalue weighted by atomic mass is 79.9.